The summed E-state index contributed by atoms with van der Waals surface area (Å²) < 4.78 is 0. The number of hydrogen-bond donors (Lipinski definition) is 1. The van der Waals surface area contributed by atoms with Gasteiger partial charge < -0.3 is 0 Å². The van der Waals surface area contributed by atoms with Crippen molar-refractivity contribution in [3.63, 3.8) is 0 Å². The first-order chi connectivity index (χ1) is 8.84. The Hall–Kier alpha value is -1.06. The molecule has 1 aromatic carbocycles. The number of benzene rings is 1. The van der Waals surface area contributed by atoms with Gasteiger partial charge in [-0.15, -0.1) is 0 Å². The van der Waals surface area contributed by atoms with Gasteiger partial charge >= 0.3 is 0 Å². The highest BCUT2D eigenvalue weighted by Gasteiger charge is 2.29. The molecule has 2 aliphatic rings. The molecule has 0 aromatic heterocycles. The molecule has 1 aromatic rings. The maximum Gasteiger partial charge on any atom is 0.180 e. The van der Waals surface area contributed by atoms with Crippen LogP contribution >= 0.6 is 11.6 Å². The van der Waals surface area contributed by atoms with Gasteiger partial charge in [0.2, 0.25) is 0 Å². The molecule has 0 bridgehead atoms. The molecule has 4 heteroatoms. The van der Waals surface area contributed by atoms with E-state index in [0.717, 1.165) is 11.4 Å². The van der Waals surface area contributed by atoms with Gasteiger partial charge in [-0.1, -0.05) is 43.0 Å². The lowest BCUT2D eigenvalue weighted by Gasteiger charge is -2.23. The lowest BCUT2D eigenvalue weighted by Crippen LogP contribution is -2.25. The highest BCUT2D eigenvalue weighted by Crippen LogP contribution is 2.30. The summed E-state index contributed by atoms with van der Waals surface area (Å²) in [6.07, 6.45) is 6.31. The summed E-state index contributed by atoms with van der Waals surface area (Å²) in [4.78, 5) is 10.2. The first-order valence-electron chi connectivity index (χ1n) is 6.59. The molecule has 3 rings (SSSR count). The fourth-order valence-corrected chi connectivity index (χ4v) is 2.92. The van der Waals surface area contributed by atoms with E-state index in [1.807, 2.05) is 24.3 Å². The molecule has 1 unspecified atom stereocenters. The van der Waals surface area contributed by atoms with Crippen molar-refractivity contribution >= 4 is 17.4 Å². The normalized spacial score (nSPS) is 24.7. The molecule has 1 N–H and O–H groups in total. The first-order valence-corrected chi connectivity index (χ1v) is 6.97. The molecule has 1 fully saturated rings. The van der Waals surface area contributed by atoms with Crippen LogP contribution in [0.5, 0.6) is 0 Å². The van der Waals surface area contributed by atoms with Crippen LogP contribution in [-0.4, -0.2) is 12.1 Å². The standard InChI is InChI=1S/C14H17ClN2O/c15-12-9-5-4-8-11(12)13-16-14(18-17-13)10-6-2-1-3-7-10/h4-5,8-10,14H,1-3,6-7H2,(H,16,17). The third-order valence-corrected chi connectivity index (χ3v) is 4.04. The Morgan fingerprint density at radius 3 is 2.72 bits per heavy atom. The van der Waals surface area contributed by atoms with Crippen LogP contribution in [0.4, 0.5) is 0 Å². The minimum Gasteiger partial charge on any atom is -0.247 e. The second-order valence-electron chi connectivity index (χ2n) is 4.97. The highest BCUT2D eigenvalue weighted by atomic mass is 35.5. The molecule has 96 valence electrons. The average Bonchev–Trinajstić information content (AvgIpc) is 2.90. The predicted molar refractivity (Wildman–Crippen MR) is 72.6 cm³/mol. The Kier molecular flexibility index (Phi) is 3.52. The van der Waals surface area contributed by atoms with Crippen molar-refractivity contribution in [2.24, 2.45) is 10.9 Å². The monoisotopic (exact) mass is 264 g/mol. The van der Waals surface area contributed by atoms with Crippen molar-refractivity contribution in [2.45, 2.75) is 38.3 Å². The van der Waals surface area contributed by atoms with Crippen LogP contribution < -0.4 is 5.48 Å². The van der Waals surface area contributed by atoms with Crippen LogP contribution in [0.25, 0.3) is 0 Å². The Balaban J connectivity index is 1.77. The summed E-state index contributed by atoms with van der Waals surface area (Å²) in [5, 5.41) is 0.705. The van der Waals surface area contributed by atoms with Crippen molar-refractivity contribution in [2.75, 3.05) is 0 Å². The summed E-state index contributed by atoms with van der Waals surface area (Å²) in [5.74, 6) is 1.31. The molecule has 1 aliphatic heterocycles. The molecule has 1 aliphatic carbocycles. The molecule has 1 atom stereocenters. The summed E-state index contributed by atoms with van der Waals surface area (Å²) >= 11 is 6.16. The van der Waals surface area contributed by atoms with Gasteiger partial charge in [0, 0.05) is 11.5 Å². The van der Waals surface area contributed by atoms with E-state index < -0.39 is 0 Å². The topological polar surface area (TPSA) is 33.6 Å². The predicted octanol–water partition coefficient (Wildman–Crippen LogP) is 3.53. The van der Waals surface area contributed by atoms with Gasteiger partial charge in [-0.2, -0.15) is 0 Å². The van der Waals surface area contributed by atoms with Crippen LogP contribution in [-0.2, 0) is 4.84 Å². The Bertz CT molecular complexity index is 455. The molecule has 0 amide bonds. The zero-order valence-electron chi connectivity index (χ0n) is 10.2. The molecule has 0 spiro atoms. The fraction of sp³-hybridized carbons (Fsp3) is 0.500. The van der Waals surface area contributed by atoms with Crippen molar-refractivity contribution in [3.8, 4) is 0 Å². The van der Waals surface area contributed by atoms with Crippen LogP contribution in [0, 0.1) is 5.92 Å². The minimum atomic E-state index is -0.0448. The zero-order chi connectivity index (χ0) is 12.4. The summed E-state index contributed by atoms with van der Waals surface area (Å²) in [6, 6.07) is 7.70. The minimum absolute atomic E-state index is 0.0448. The summed E-state index contributed by atoms with van der Waals surface area (Å²) in [5.41, 5.74) is 3.84. The first kappa shape index (κ1) is 12.0. The van der Waals surface area contributed by atoms with Crippen molar-refractivity contribution in [3.05, 3.63) is 34.9 Å². The molecule has 1 saturated carbocycles. The summed E-state index contributed by atoms with van der Waals surface area (Å²) in [6.45, 7) is 0. The lowest BCUT2D eigenvalue weighted by atomic mass is 9.88. The maximum atomic E-state index is 6.16. The number of hydroxylamine groups is 1. The molecular formula is C14H17ClN2O. The second-order valence-corrected chi connectivity index (χ2v) is 5.37. The smallest absolute Gasteiger partial charge is 0.180 e. The quantitative estimate of drug-likeness (QED) is 0.887. The molecular weight excluding hydrogens is 248 g/mol. The van der Waals surface area contributed by atoms with Gasteiger partial charge in [0.25, 0.3) is 0 Å². The van der Waals surface area contributed by atoms with E-state index in [9.17, 15) is 0 Å². The van der Waals surface area contributed by atoms with Crippen molar-refractivity contribution in [1.82, 2.24) is 5.48 Å². The van der Waals surface area contributed by atoms with E-state index in [2.05, 4.69) is 10.5 Å². The number of aliphatic imine (C=N–C) groups is 1. The van der Waals surface area contributed by atoms with Gasteiger partial charge in [-0.05, 0) is 25.0 Å². The lowest BCUT2D eigenvalue weighted by molar-refractivity contribution is -0.00910. The number of rotatable bonds is 2. The van der Waals surface area contributed by atoms with Gasteiger partial charge in [-0.25, -0.2) is 15.3 Å². The Morgan fingerprint density at radius 2 is 1.94 bits per heavy atom. The molecule has 0 radical (unpaired) electrons. The van der Waals surface area contributed by atoms with Gasteiger partial charge in [-0.3, -0.25) is 0 Å². The molecule has 3 nitrogen and oxygen atoms in total. The van der Waals surface area contributed by atoms with Crippen LogP contribution in [0.3, 0.4) is 0 Å². The van der Waals surface area contributed by atoms with Gasteiger partial charge in [0.1, 0.15) is 0 Å². The zero-order valence-corrected chi connectivity index (χ0v) is 11.0. The second kappa shape index (κ2) is 5.29. The Labute approximate surface area is 112 Å². The SMILES string of the molecule is Clc1ccccc1C1=NC(C2CCCCC2)ON1. The van der Waals surface area contributed by atoms with E-state index in [1.54, 1.807) is 0 Å². The van der Waals surface area contributed by atoms with Gasteiger partial charge in [0.15, 0.2) is 12.1 Å². The fourth-order valence-electron chi connectivity index (χ4n) is 2.69. The van der Waals surface area contributed by atoms with E-state index >= 15 is 0 Å². The van der Waals surface area contributed by atoms with E-state index in [0.29, 0.717) is 10.9 Å². The number of amidine groups is 1. The number of nitrogens with zero attached hydrogens (tertiary/aromatic N) is 1. The van der Waals surface area contributed by atoms with E-state index in [-0.39, 0.29) is 6.23 Å². The molecule has 18 heavy (non-hydrogen) atoms. The van der Waals surface area contributed by atoms with Crippen LogP contribution in [0.1, 0.15) is 37.7 Å². The molecule has 0 saturated heterocycles. The third kappa shape index (κ3) is 2.38. The maximum absolute atomic E-state index is 6.16. The van der Waals surface area contributed by atoms with Gasteiger partial charge in [0.05, 0.1) is 5.02 Å². The third-order valence-electron chi connectivity index (χ3n) is 3.71. The summed E-state index contributed by atoms with van der Waals surface area (Å²) in [7, 11) is 0. The van der Waals surface area contributed by atoms with E-state index in [4.69, 9.17) is 16.4 Å². The number of halogens is 1. The average molecular weight is 265 g/mol. The van der Waals surface area contributed by atoms with E-state index in [1.165, 1.54) is 32.1 Å². The van der Waals surface area contributed by atoms with Crippen molar-refractivity contribution in [1.29, 1.82) is 0 Å². The van der Waals surface area contributed by atoms with Crippen LogP contribution in [0.15, 0.2) is 29.3 Å². The molecule has 1 heterocycles. The largest absolute Gasteiger partial charge is 0.247 e. The number of nitrogens with one attached hydrogen (secondary N) is 1. The highest BCUT2D eigenvalue weighted by molar-refractivity contribution is 6.34. The Morgan fingerprint density at radius 1 is 1.17 bits per heavy atom. The van der Waals surface area contributed by atoms with Crippen molar-refractivity contribution < 1.29 is 4.84 Å². The van der Waals surface area contributed by atoms with Crippen LogP contribution in [0.2, 0.25) is 5.02 Å². The number of hydrogen-bond acceptors (Lipinski definition) is 3.